The van der Waals surface area contributed by atoms with Gasteiger partial charge in [0.1, 0.15) is 0 Å². The molecule has 1 aliphatic rings. The van der Waals surface area contributed by atoms with Crippen molar-refractivity contribution >= 4 is 23.2 Å². The molecule has 0 unspecified atom stereocenters. The number of aryl methyl sites for hydroxylation is 2. The van der Waals surface area contributed by atoms with Crippen molar-refractivity contribution in [3.63, 3.8) is 0 Å². The molecule has 150 valence electrons. The molecule has 29 heavy (non-hydrogen) atoms. The van der Waals surface area contributed by atoms with Crippen LogP contribution in [0.15, 0.2) is 40.9 Å². The van der Waals surface area contributed by atoms with E-state index in [9.17, 15) is 9.59 Å². The standard InChI is InChI=1S/C21H22N4O3S/c1-13-7-8-16-15(11-13)12-17(29-16)21(27)24-23-18(26)9-10-19-22-20(25-28-19)14-5-3-2-4-6-14/h2-6,12-13H,7-11H2,1H3,(H,23,26)(H,24,27)/t13-/m1/s1. The molecular weight excluding hydrogens is 388 g/mol. The summed E-state index contributed by atoms with van der Waals surface area (Å²) in [5.41, 5.74) is 7.06. The zero-order valence-corrected chi connectivity index (χ0v) is 16.9. The highest BCUT2D eigenvalue weighted by atomic mass is 32.1. The largest absolute Gasteiger partial charge is 0.339 e. The zero-order chi connectivity index (χ0) is 20.2. The molecule has 0 saturated carbocycles. The molecule has 4 rings (SSSR count). The number of carbonyl (C=O) groups excluding carboxylic acids is 2. The number of aromatic nitrogens is 2. The van der Waals surface area contributed by atoms with E-state index in [4.69, 9.17) is 4.52 Å². The summed E-state index contributed by atoms with van der Waals surface area (Å²) < 4.78 is 5.19. The first-order valence-electron chi connectivity index (χ1n) is 9.67. The molecule has 1 aliphatic carbocycles. The molecule has 8 heteroatoms. The van der Waals surface area contributed by atoms with E-state index in [1.807, 2.05) is 36.4 Å². The van der Waals surface area contributed by atoms with Crippen LogP contribution in [0, 0.1) is 5.92 Å². The summed E-state index contributed by atoms with van der Waals surface area (Å²) in [6.45, 7) is 2.23. The van der Waals surface area contributed by atoms with Crippen molar-refractivity contribution in [3.8, 4) is 11.4 Å². The summed E-state index contributed by atoms with van der Waals surface area (Å²) in [5.74, 6) is 0.929. The fraction of sp³-hybridized carbons (Fsp3) is 0.333. The number of nitrogens with zero attached hydrogens (tertiary/aromatic N) is 2. The molecule has 2 N–H and O–H groups in total. The van der Waals surface area contributed by atoms with Gasteiger partial charge in [-0.2, -0.15) is 4.98 Å². The van der Waals surface area contributed by atoms with Crippen LogP contribution < -0.4 is 10.9 Å². The lowest BCUT2D eigenvalue weighted by Crippen LogP contribution is -2.41. The first-order chi connectivity index (χ1) is 14.1. The monoisotopic (exact) mass is 410 g/mol. The minimum Gasteiger partial charge on any atom is -0.339 e. The molecule has 0 fully saturated rings. The second-order valence-electron chi connectivity index (χ2n) is 7.29. The van der Waals surface area contributed by atoms with Gasteiger partial charge in [0.2, 0.25) is 17.6 Å². The Labute approximate surface area is 172 Å². The number of nitrogens with one attached hydrogen (secondary N) is 2. The Morgan fingerprint density at radius 3 is 2.90 bits per heavy atom. The number of thiophene rings is 1. The predicted molar refractivity (Wildman–Crippen MR) is 109 cm³/mol. The van der Waals surface area contributed by atoms with Gasteiger partial charge < -0.3 is 4.52 Å². The molecule has 7 nitrogen and oxygen atoms in total. The number of amides is 2. The molecule has 1 aromatic carbocycles. The van der Waals surface area contributed by atoms with E-state index >= 15 is 0 Å². The van der Waals surface area contributed by atoms with E-state index in [1.165, 1.54) is 21.8 Å². The number of carbonyl (C=O) groups is 2. The molecule has 2 amide bonds. The van der Waals surface area contributed by atoms with Crippen LogP contribution in [0.2, 0.25) is 0 Å². The van der Waals surface area contributed by atoms with E-state index in [0.717, 1.165) is 24.8 Å². The molecule has 2 heterocycles. The van der Waals surface area contributed by atoms with Crippen LogP contribution in [0.3, 0.4) is 0 Å². The van der Waals surface area contributed by atoms with Crippen molar-refractivity contribution in [1.29, 1.82) is 0 Å². The van der Waals surface area contributed by atoms with Crippen LogP contribution in [0.25, 0.3) is 11.4 Å². The van der Waals surface area contributed by atoms with Gasteiger partial charge >= 0.3 is 0 Å². The van der Waals surface area contributed by atoms with Crippen LogP contribution in [0.5, 0.6) is 0 Å². The highest BCUT2D eigenvalue weighted by Crippen LogP contribution is 2.32. The predicted octanol–water partition coefficient (Wildman–Crippen LogP) is 3.32. The Hall–Kier alpha value is -3.00. The number of rotatable bonds is 5. The molecule has 3 aromatic rings. The van der Waals surface area contributed by atoms with E-state index in [1.54, 1.807) is 0 Å². The minimum atomic E-state index is -0.312. The van der Waals surface area contributed by atoms with Crippen molar-refractivity contribution in [2.24, 2.45) is 5.92 Å². The number of hydrogen-bond donors (Lipinski definition) is 2. The lowest BCUT2D eigenvalue weighted by molar-refractivity contribution is -0.121. The maximum absolute atomic E-state index is 12.3. The summed E-state index contributed by atoms with van der Waals surface area (Å²) in [5, 5.41) is 3.93. The van der Waals surface area contributed by atoms with Crippen molar-refractivity contribution in [3.05, 3.63) is 57.6 Å². The zero-order valence-electron chi connectivity index (χ0n) is 16.1. The van der Waals surface area contributed by atoms with Gasteiger partial charge in [0.05, 0.1) is 4.88 Å². The van der Waals surface area contributed by atoms with Gasteiger partial charge in [-0.3, -0.25) is 20.4 Å². The quantitative estimate of drug-likeness (QED) is 0.629. The second-order valence-corrected chi connectivity index (χ2v) is 8.42. The molecule has 0 aliphatic heterocycles. The maximum Gasteiger partial charge on any atom is 0.279 e. The first-order valence-corrected chi connectivity index (χ1v) is 10.5. The summed E-state index contributed by atoms with van der Waals surface area (Å²) in [4.78, 5) is 30.6. The molecule has 0 spiro atoms. The van der Waals surface area contributed by atoms with E-state index in [0.29, 0.717) is 28.9 Å². The number of fused-ring (bicyclic) bond motifs is 1. The van der Waals surface area contributed by atoms with Gasteiger partial charge in [0, 0.05) is 23.3 Å². The fourth-order valence-electron chi connectivity index (χ4n) is 3.35. The van der Waals surface area contributed by atoms with Gasteiger partial charge in [0.15, 0.2) is 0 Å². The third-order valence-corrected chi connectivity index (χ3v) is 6.17. The lowest BCUT2D eigenvalue weighted by Gasteiger charge is -2.16. The number of benzene rings is 1. The first kappa shape index (κ1) is 19.3. The minimum absolute atomic E-state index is 0.134. The topological polar surface area (TPSA) is 97.1 Å². The third kappa shape index (κ3) is 4.71. The molecule has 0 radical (unpaired) electrons. The molecule has 1 atom stereocenters. The van der Waals surface area contributed by atoms with Crippen LogP contribution in [-0.2, 0) is 24.1 Å². The van der Waals surface area contributed by atoms with Gasteiger partial charge in [-0.15, -0.1) is 11.3 Å². The Morgan fingerprint density at radius 1 is 1.24 bits per heavy atom. The smallest absolute Gasteiger partial charge is 0.279 e. The third-order valence-electron chi connectivity index (χ3n) is 4.93. The van der Waals surface area contributed by atoms with Crippen molar-refractivity contribution in [2.75, 3.05) is 0 Å². The van der Waals surface area contributed by atoms with Gasteiger partial charge in [-0.1, -0.05) is 42.4 Å². The van der Waals surface area contributed by atoms with E-state index in [2.05, 4.69) is 27.9 Å². The average molecular weight is 410 g/mol. The van der Waals surface area contributed by atoms with Crippen LogP contribution in [0.4, 0.5) is 0 Å². The number of hydrazine groups is 1. The SMILES string of the molecule is C[C@@H]1CCc2sc(C(=O)NNC(=O)CCc3nc(-c4ccccc4)no3)cc2C1. The number of hydrogen-bond acceptors (Lipinski definition) is 6. The van der Waals surface area contributed by atoms with Crippen LogP contribution in [-0.4, -0.2) is 22.0 Å². The van der Waals surface area contributed by atoms with Gasteiger partial charge in [-0.05, 0) is 36.8 Å². The Morgan fingerprint density at radius 2 is 2.07 bits per heavy atom. The van der Waals surface area contributed by atoms with Crippen molar-refractivity contribution in [1.82, 2.24) is 21.0 Å². The molecule has 0 bridgehead atoms. The van der Waals surface area contributed by atoms with E-state index < -0.39 is 0 Å². The van der Waals surface area contributed by atoms with Crippen LogP contribution in [0.1, 0.15) is 45.8 Å². The molecule has 2 aromatic heterocycles. The Kier molecular flexibility index (Phi) is 5.71. The molecular formula is C21H22N4O3S. The summed E-state index contributed by atoms with van der Waals surface area (Å²) in [6, 6.07) is 11.4. The van der Waals surface area contributed by atoms with Gasteiger partial charge in [0.25, 0.3) is 5.91 Å². The second kappa shape index (κ2) is 8.57. The normalized spacial score (nSPS) is 15.6. The Bertz CT molecular complexity index is 1010. The summed E-state index contributed by atoms with van der Waals surface area (Å²) in [6.07, 6.45) is 3.63. The fourth-order valence-corrected chi connectivity index (χ4v) is 4.45. The van der Waals surface area contributed by atoms with Crippen molar-refractivity contribution in [2.45, 2.75) is 39.0 Å². The highest BCUT2D eigenvalue weighted by molar-refractivity contribution is 7.14. The summed E-state index contributed by atoms with van der Waals surface area (Å²) >= 11 is 1.51. The lowest BCUT2D eigenvalue weighted by atomic mass is 9.90. The average Bonchev–Trinajstić information content (AvgIpc) is 3.38. The highest BCUT2D eigenvalue weighted by Gasteiger charge is 2.21. The Balaban J connectivity index is 1.25. The van der Waals surface area contributed by atoms with Crippen LogP contribution >= 0.6 is 11.3 Å². The van der Waals surface area contributed by atoms with Gasteiger partial charge in [-0.25, -0.2) is 0 Å². The van der Waals surface area contributed by atoms with Crippen molar-refractivity contribution < 1.29 is 14.1 Å². The molecule has 0 saturated heterocycles. The van der Waals surface area contributed by atoms with E-state index in [-0.39, 0.29) is 18.2 Å². The maximum atomic E-state index is 12.3. The summed E-state index contributed by atoms with van der Waals surface area (Å²) in [7, 11) is 0.